The molecule has 5 nitrogen and oxygen atoms in total. The van der Waals surface area contributed by atoms with Crippen LogP contribution in [-0.4, -0.2) is 17.2 Å². The molecule has 7 heteroatoms. The number of hydrogen-bond donors (Lipinski definition) is 2. The third-order valence-electron chi connectivity index (χ3n) is 3.94. The first kappa shape index (κ1) is 18.2. The summed E-state index contributed by atoms with van der Waals surface area (Å²) in [7, 11) is 1.46. The van der Waals surface area contributed by atoms with Crippen molar-refractivity contribution in [2.24, 2.45) is 0 Å². The molecule has 2 aromatic carbocycles. The Kier molecular flexibility index (Phi) is 5.16. The fourth-order valence-corrected chi connectivity index (χ4v) is 3.60. The maximum absolute atomic E-state index is 10.2. The Bertz CT molecular complexity index is 1030. The maximum atomic E-state index is 10.2. The number of phenolic OH excluding ortho intramolecular Hbond substituents is 1. The molecule has 0 radical (unpaired) electrons. The molecule has 0 unspecified atom stereocenters. The molecule has 3 rings (SSSR count). The molecule has 0 fully saturated rings. The van der Waals surface area contributed by atoms with Crippen molar-refractivity contribution in [3.8, 4) is 39.8 Å². The standard InChI is InChI=1S/C19H13Br2N3O2/c1-26-14-7-11(16(20)17(21)18(14)25)15-12(8-22)19(23)24-9-13(15)10-5-3-2-4-6-10/h2-7,9,25H,1H3,(H2,23,24). The molecule has 0 saturated carbocycles. The minimum absolute atomic E-state index is 0.0371. The van der Waals surface area contributed by atoms with Gasteiger partial charge in [0.2, 0.25) is 0 Å². The fourth-order valence-electron chi connectivity index (χ4n) is 2.69. The quantitative estimate of drug-likeness (QED) is 0.550. The first-order valence-corrected chi connectivity index (χ1v) is 9.07. The van der Waals surface area contributed by atoms with Crippen molar-refractivity contribution in [1.29, 1.82) is 5.26 Å². The number of rotatable bonds is 3. The van der Waals surface area contributed by atoms with Crippen molar-refractivity contribution in [2.45, 2.75) is 0 Å². The van der Waals surface area contributed by atoms with Gasteiger partial charge in [-0.2, -0.15) is 5.26 Å². The highest BCUT2D eigenvalue weighted by atomic mass is 79.9. The Balaban J connectivity index is 2.44. The van der Waals surface area contributed by atoms with E-state index in [-0.39, 0.29) is 22.9 Å². The van der Waals surface area contributed by atoms with Gasteiger partial charge in [-0.3, -0.25) is 0 Å². The van der Waals surface area contributed by atoms with Crippen LogP contribution in [0.1, 0.15) is 5.56 Å². The summed E-state index contributed by atoms with van der Waals surface area (Å²) in [6, 6.07) is 13.4. The smallest absolute Gasteiger partial charge is 0.173 e. The van der Waals surface area contributed by atoms with E-state index in [4.69, 9.17) is 10.5 Å². The van der Waals surface area contributed by atoms with E-state index in [2.05, 4.69) is 42.9 Å². The number of hydrogen-bond acceptors (Lipinski definition) is 5. The van der Waals surface area contributed by atoms with Crippen LogP contribution in [0.4, 0.5) is 5.82 Å². The first-order valence-electron chi connectivity index (χ1n) is 7.48. The Morgan fingerprint density at radius 3 is 2.46 bits per heavy atom. The van der Waals surface area contributed by atoms with Crippen LogP contribution >= 0.6 is 31.9 Å². The number of aromatic hydroxyl groups is 1. The van der Waals surface area contributed by atoms with Crippen molar-refractivity contribution in [2.75, 3.05) is 12.8 Å². The van der Waals surface area contributed by atoms with Gasteiger partial charge in [0.15, 0.2) is 11.5 Å². The summed E-state index contributed by atoms with van der Waals surface area (Å²) in [5, 5.41) is 19.9. The molecule has 130 valence electrons. The highest BCUT2D eigenvalue weighted by molar-refractivity contribution is 9.13. The Morgan fingerprint density at radius 2 is 1.85 bits per heavy atom. The fraction of sp³-hybridized carbons (Fsp3) is 0.0526. The Labute approximate surface area is 167 Å². The average molecular weight is 475 g/mol. The van der Waals surface area contributed by atoms with E-state index in [9.17, 15) is 10.4 Å². The second-order valence-electron chi connectivity index (χ2n) is 5.39. The molecule has 0 aliphatic carbocycles. The summed E-state index contributed by atoms with van der Waals surface area (Å²) >= 11 is 6.85. The number of pyridine rings is 1. The molecule has 0 bridgehead atoms. The summed E-state index contributed by atoms with van der Waals surface area (Å²) in [4.78, 5) is 4.17. The molecule has 1 aromatic heterocycles. The SMILES string of the molecule is COc1cc(-c2c(-c3ccccc3)cnc(N)c2C#N)c(Br)c(Br)c1O. The van der Waals surface area contributed by atoms with Crippen LogP contribution in [0.15, 0.2) is 51.5 Å². The summed E-state index contributed by atoms with van der Waals surface area (Å²) < 4.78 is 6.26. The third kappa shape index (κ3) is 3.02. The number of methoxy groups -OCH3 is 1. The van der Waals surface area contributed by atoms with E-state index in [1.165, 1.54) is 7.11 Å². The van der Waals surface area contributed by atoms with E-state index in [1.54, 1.807) is 12.3 Å². The number of phenols is 1. The molecule has 0 aliphatic heterocycles. The zero-order chi connectivity index (χ0) is 18.8. The van der Waals surface area contributed by atoms with Crippen LogP contribution in [-0.2, 0) is 0 Å². The largest absolute Gasteiger partial charge is 0.503 e. The molecule has 26 heavy (non-hydrogen) atoms. The number of aromatic nitrogens is 1. The normalized spacial score (nSPS) is 10.4. The molecule has 3 aromatic rings. The monoisotopic (exact) mass is 473 g/mol. The summed E-state index contributed by atoms with van der Waals surface area (Å²) in [5.41, 5.74) is 9.11. The minimum atomic E-state index is -0.0371. The minimum Gasteiger partial charge on any atom is -0.503 e. The topological polar surface area (TPSA) is 92.2 Å². The number of nitriles is 1. The first-order chi connectivity index (χ1) is 12.5. The van der Waals surface area contributed by atoms with E-state index < -0.39 is 0 Å². The van der Waals surface area contributed by atoms with Crippen LogP contribution < -0.4 is 10.5 Å². The lowest BCUT2D eigenvalue weighted by atomic mass is 9.92. The van der Waals surface area contributed by atoms with Crippen LogP contribution in [0.25, 0.3) is 22.3 Å². The van der Waals surface area contributed by atoms with Crippen LogP contribution in [0, 0.1) is 11.3 Å². The van der Waals surface area contributed by atoms with Gasteiger partial charge in [0.1, 0.15) is 17.5 Å². The Hall–Kier alpha value is -2.56. The van der Waals surface area contributed by atoms with Gasteiger partial charge in [-0.05, 0) is 43.5 Å². The second-order valence-corrected chi connectivity index (χ2v) is 6.97. The lowest BCUT2D eigenvalue weighted by Crippen LogP contribution is -2.01. The van der Waals surface area contributed by atoms with Crippen molar-refractivity contribution >= 4 is 37.7 Å². The zero-order valence-corrected chi connectivity index (χ0v) is 16.8. The summed E-state index contributed by atoms with van der Waals surface area (Å²) in [6.07, 6.45) is 1.64. The molecule has 1 heterocycles. The van der Waals surface area contributed by atoms with Gasteiger partial charge in [-0.25, -0.2) is 4.98 Å². The third-order valence-corrected chi connectivity index (χ3v) is 6.07. The molecule has 0 amide bonds. The highest BCUT2D eigenvalue weighted by Crippen LogP contribution is 2.48. The van der Waals surface area contributed by atoms with Crippen LogP contribution in [0.2, 0.25) is 0 Å². The van der Waals surface area contributed by atoms with Gasteiger partial charge < -0.3 is 15.6 Å². The van der Waals surface area contributed by atoms with E-state index >= 15 is 0 Å². The molecular weight excluding hydrogens is 462 g/mol. The lowest BCUT2D eigenvalue weighted by Gasteiger charge is -2.17. The van der Waals surface area contributed by atoms with Gasteiger partial charge in [0.25, 0.3) is 0 Å². The number of ether oxygens (including phenoxy) is 1. The van der Waals surface area contributed by atoms with Crippen molar-refractivity contribution in [1.82, 2.24) is 4.98 Å². The van der Waals surface area contributed by atoms with Crippen molar-refractivity contribution in [3.05, 3.63) is 57.1 Å². The van der Waals surface area contributed by atoms with Gasteiger partial charge in [0, 0.05) is 27.4 Å². The van der Waals surface area contributed by atoms with Gasteiger partial charge in [-0.1, -0.05) is 30.3 Å². The van der Waals surface area contributed by atoms with Gasteiger partial charge in [0.05, 0.1) is 11.6 Å². The number of halogens is 2. The number of anilines is 1. The van der Waals surface area contributed by atoms with Crippen molar-refractivity contribution in [3.63, 3.8) is 0 Å². The molecular formula is C19H13Br2N3O2. The van der Waals surface area contributed by atoms with Crippen LogP contribution in [0.5, 0.6) is 11.5 Å². The Morgan fingerprint density at radius 1 is 1.15 bits per heavy atom. The van der Waals surface area contributed by atoms with Gasteiger partial charge in [-0.15, -0.1) is 0 Å². The zero-order valence-electron chi connectivity index (χ0n) is 13.6. The predicted octanol–water partition coefficient (Wildman–Crippen LogP) is 5.11. The van der Waals surface area contributed by atoms with Crippen molar-refractivity contribution < 1.29 is 9.84 Å². The lowest BCUT2D eigenvalue weighted by molar-refractivity contribution is 0.372. The summed E-state index contributed by atoms with van der Waals surface area (Å²) in [5.74, 6) is 0.371. The molecule has 0 aliphatic rings. The van der Waals surface area contributed by atoms with Gasteiger partial charge >= 0.3 is 0 Å². The van der Waals surface area contributed by atoms with E-state index in [1.807, 2.05) is 30.3 Å². The van der Waals surface area contributed by atoms with E-state index in [0.717, 1.165) is 11.1 Å². The second kappa shape index (κ2) is 7.36. The number of nitrogen functional groups attached to an aromatic ring is 1. The highest BCUT2D eigenvalue weighted by Gasteiger charge is 2.23. The molecule has 0 spiro atoms. The number of benzene rings is 2. The average Bonchev–Trinajstić information content (AvgIpc) is 2.67. The maximum Gasteiger partial charge on any atom is 0.173 e. The molecule has 0 atom stereocenters. The molecule has 3 N–H and O–H groups in total. The molecule has 0 saturated heterocycles. The predicted molar refractivity (Wildman–Crippen MR) is 108 cm³/mol. The summed E-state index contributed by atoms with van der Waals surface area (Å²) in [6.45, 7) is 0. The van der Waals surface area contributed by atoms with E-state index in [0.29, 0.717) is 20.1 Å². The van der Waals surface area contributed by atoms with Crippen LogP contribution in [0.3, 0.4) is 0 Å². The number of nitrogens with zero attached hydrogens (tertiary/aromatic N) is 2. The number of nitrogens with two attached hydrogens (primary N) is 1.